The fourth-order valence-corrected chi connectivity index (χ4v) is 2.07. The molecular weight excluding hydrogens is 219 g/mol. The fraction of sp³-hybridized carbons (Fsp3) is 0.364. The number of primary amides is 1. The molecule has 0 aromatic heterocycles. The lowest BCUT2D eigenvalue weighted by atomic mass is 9.64. The van der Waals surface area contributed by atoms with Crippen LogP contribution in [0.5, 0.6) is 0 Å². The number of amides is 1. The van der Waals surface area contributed by atoms with Crippen molar-refractivity contribution in [3.8, 4) is 0 Å². The van der Waals surface area contributed by atoms with E-state index < -0.39 is 28.8 Å². The second kappa shape index (κ2) is 3.50. The molecule has 1 aliphatic carbocycles. The molecule has 0 saturated heterocycles. The smallest absolute Gasteiger partial charge is 0.228 e. The molecule has 2 N–H and O–H groups in total. The van der Waals surface area contributed by atoms with Gasteiger partial charge in [-0.2, -0.15) is 0 Å². The number of rotatable bonds is 2. The molecule has 0 heterocycles. The first-order valence-corrected chi connectivity index (χ1v) is 4.92. The molecular formula is C11H10F3NO. The summed E-state index contributed by atoms with van der Waals surface area (Å²) >= 11 is 0. The summed E-state index contributed by atoms with van der Waals surface area (Å²) in [6.45, 7) is 0. The minimum atomic E-state index is -1.26. The zero-order valence-corrected chi connectivity index (χ0v) is 8.40. The van der Waals surface area contributed by atoms with Crippen LogP contribution in [0.25, 0.3) is 0 Å². The summed E-state index contributed by atoms with van der Waals surface area (Å²) in [6.07, 6.45) is 1.48. The maximum atomic E-state index is 13.5. The maximum Gasteiger partial charge on any atom is 0.228 e. The minimum absolute atomic E-state index is 0.134. The number of nitrogens with two attached hydrogens (primary N) is 1. The molecule has 0 atom stereocenters. The average molecular weight is 229 g/mol. The van der Waals surface area contributed by atoms with Gasteiger partial charge in [-0.3, -0.25) is 4.79 Å². The van der Waals surface area contributed by atoms with Gasteiger partial charge in [0.2, 0.25) is 5.91 Å². The van der Waals surface area contributed by atoms with Crippen molar-refractivity contribution in [1.82, 2.24) is 0 Å². The Labute approximate surface area is 90.2 Å². The summed E-state index contributed by atoms with van der Waals surface area (Å²) in [5.74, 6) is -4.04. The van der Waals surface area contributed by atoms with E-state index in [4.69, 9.17) is 5.73 Å². The highest BCUT2D eigenvalue weighted by atomic mass is 19.2. The number of hydrogen-bond acceptors (Lipinski definition) is 1. The molecule has 86 valence electrons. The Kier molecular flexibility index (Phi) is 2.40. The molecule has 0 bridgehead atoms. The summed E-state index contributed by atoms with van der Waals surface area (Å²) < 4.78 is 39.3. The Bertz CT molecular complexity index is 455. The van der Waals surface area contributed by atoms with Gasteiger partial charge in [0, 0.05) is 11.6 Å². The number of benzene rings is 1. The Balaban J connectivity index is 2.55. The van der Waals surface area contributed by atoms with E-state index >= 15 is 0 Å². The van der Waals surface area contributed by atoms with E-state index in [1.807, 2.05) is 0 Å². The van der Waals surface area contributed by atoms with E-state index in [1.165, 1.54) is 0 Å². The standard InChI is InChI=1S/C11H10F3NO/c12-7-5-9(14)8(13)4-6(7)11(10(15)16)2-1-3-11/h4-5H,1-3H2,(H2,15,16). The van der Waals surface area contributed by atoms with Crippen LogP contribution in [0.3, 0.4) is 0 Å². The van der Waals surface area contributed by atoms with Crippen molar-refractivity contribution in [2.24, 2.45) is 5.73 Å². The average Bonchev–Trinajstić information content (AvgIpc) is 2.11. The molecule has 1 saturated carbocycles. The first-order valence-electron chi connectivity index (χ1n) is 4.92. The predicted octanol–water partition coefficient (Wildman–Crippen LogP) is 2.01. The van der Waals surface area contributed by atoms with Gasteiger partial charge in [-0.05, 0) is 18.9 Å². The lowest BCUT2D eigenvalue weighted by molar-refractivity contribution is -0.126. The van der Waals surface area contributed by atoms with E-state index in [2.05, 4.69) is 0 Å². The van der Waals surface area contributed by atoms with Gasteiger partial charge in [-0.1, -0.05) is 6.42 Å². The van der Waals surface area contributed by atoms with Crippen LogP contribution < -0.4 is 5.73 Å². The molecule has 2 nitrogen and oxygen atoms in total. The molecule has 1 amide bonds. The van der Waals surface area contributed by atoms with Crippen molar-refractivity contribution < 1.29 is 18.0 Å². The van der Waals surface area contributed by atoms with Gasteiger partial charge in [0.15, 0.2) is 11.6 Å². The van der Waals surface area contributed by atoms with Crippen LogP contribution in [-0.4, -0.2) is 5.91 Å². The van der Waals surface area contributed by atoms with E-state index in [0.717, 1.165) is 12.5 Å². The van der Waals surface area contributed by atoms with Gasteiger partial charge in [-0.15, -0.1) is 0 Å². The maximum absolute atomic E-state index is 13.5. The van der Waals surface area contributed by atoms with Crippen LogP contribution in [-0.2, 0) is 10.2 Å². The highest BCUT2D eigenvalue weighted by molar-refractivity contribution is 5.87. The van der Waals surface area contributed by atoms with Crippen LogP contribution in [0.1, 0.15) is 24.8 Å². The largest absolute Gasteiger partial charge is 0.369 e. The molecule has 1 fully saturated rings. The Hall–Kier alpha value is -1.52. The van der Waals surface area contributed by atoms with Gasteiger partial charge in [0.1, 0.15) is 5.82 Å². The van der Waals surface area contributed by atoms with Crippen LogP contribution in [0.4, 0.5) is 13.2 Å². The molecule has 0 aliphatic heterocycles. The molecule has 0 radical (unpaired) electrons. The van der Waals surface area contributed by atoms with Gasteiger partial charge >= 0.3 is 0 Å². The SMILES string of the molecule is NC(=O)C1(c2cc(F)c(F)cc2F)CCC1. The number of carbonyl (C=O) groups is 1. The third-order valence-corrected chi connectivity index (χ3v) is 3.20. The van der Waals surface area contributed by atoms with E-state index in [-0.39, 0.29) is 5.56 Å². The molecule has 1 aliphatic rings. The Morgan fingerprint density at radius 3 is 2.12 bits per heavy atom. The lowest BCUT2D eigenvalue weighted by Crippen LogP contribution is -2.47. The zero-order valence-electron chi connectivity index (χ0n) is 8.40. The first-order chi connectivity index (χ1) is 7.47. The van der Waals surface area contributed by atoms with E-state index in [0.29, 0.717) is 18.9 Å². The van der Waals surface area contributed by atoms with Crippen LogP contribution in [0.2, 0.25) is 0 Å². The molecule has 5 heteroatoms. The fourth-order valence-electron chi connectivity index (χ4n) is 2.07. The highest BCUT2D eigenvalue weighted by Crippen LogP contribution is 2.44. The summed E-state index contributed by atoms with van der Waals surface area (Å²) in [7, 11) is 0. The molecule has 0 spiro atoms. The van der Waals surface area contributed by atoms with Gasteiger partial charge in [0.05, 0.1) is 5.41 Å². The van der Waals surface area contributed by atoms with Crippen LogP contribution >= 0.6 is 0 Å². The highest BCUT2D eigenvalue weighted by Gasteiger charge is 2.46. The van der Waals surface area contributed by atoms with E-state index in [1.54, 1.807) is 0 Å². The van der Waals surface area contributed by atoms with E-state index in [9.17, 15) is 18.0 Å². The van der Waals surface area contributed by atoms with Crippen molar-refractivity contribution in [3.63, 3.8) is 0 Å². The number of halogens is 3. The van der Waals surface area contributed by atoms with Crippen molar-refractivity contribution >= 4 is 5.91 Å². The van der Waals surface area contributed by atoms with Crippen molar-refractivity contribution in [2.45, 2.75) is 24.7 Å². The zero-order chi connectivity index (χ0) is 11.9. The summed E-state index contributed by atoms with van der Waals surface area (Å²) in [5.41, 5.74) is 3.91. The molecule has 16 heavy (non-hydrogen) atoms. The molecule has 1 aromatic rings. The van der Waals surface area contributed by atoms with Gasteiger partial charge in [-0.25, -0.2) is 13.2 Å². The second-order valence-corrected chi connectivity index (χ2v) is 4.05. The van der Waals surface area contributed by atoms with Crippen molar-refractivity contribution in [1.29, 1.82) is 0 Å². The lowest BCUT2D eigenvalue weighted by Gasteiger charge is -2.39. The number of carbonyl (C=O) groups excluding carboxylic acids is 1. The summed E-state index contributed by atoms with van der Waals surface area (Å²) in [5, 5.41) is 0. The quantitative estimate of drug-likeness (QED) is 0.774. The third kappa shape index (κ3) is 1.38. The topological polar surface area (TPSA) is 43.1 Å². The molecule has 2 rings (SSSR count). The van der Waals surface area contributed by atoms with Crippen LogP contribution in [0, 0.1) is 17.5 Å². The second-order valence-electron chi connectivity index (χ2n) is 4.05. The Morgan fingerprint density at radius 1 is 1.12 bits per heavy atom. The predicted molar refractivity (Wildman–Crippen MR) is 51.0 cm³/mol. The van der Waals surface area contributed by atoms with Crippen LogP contribution in [0.15, 0.2) is 12.1 Å². The van der Waals surface area contributed by atoms with Gasteiger partial charge in [0.25, 0.3) is 0 Å². The minimum Gasteiger partial charge on any atom is -0.369 e. The van der Waals surface area contributed by atoms with Crippen molar-refractivity contribution in [2.75, 3.05) is 0 Å². The molecule has 1 aromatic carbocycles. The summed E-state index contributed by atoms with van der Waals surface area (Å²) in [4.78, 5) is 11.3. The first kappa shape index (κ1) is 11.0. The normalized spacial score (nSPS) is 17.9. The van der Waals surface area contributed by atoms with Crippen molar-refractivity contribution in [3.05, 3.63) is 35.1 Å². The van der Waals surface area contributed by atoms with Gasteiger partial charge < -0.3 is 5.73 Å². The third-order valence-electron chi connectivity index (χ3n) is 3.20. The Morgan fingerprint density at radius 2 is 1.69 bits per heavy atom. The molecule has 0 unspecified atom stereocenters. The summed E-state index contributed by atoms with van der Waals surface area (Å²) in [6, 6.07) is 1.18. The monoisotopic (exact) mass is 229 g/mol. The number of hydrogen-bond donors (Lipinski definition) is 1.